The van der Waals surface area contributed by atoms with E-state index in [1.54, 1.807) is 0 Å². The van der Waals surface area contributed by atoms with E-state index < -0.39 is 12.7 Å². The zero-order valence-electron chi connectivity index (χ0n) is 13.7. The summed E-state index contributed by atoms with van der Waals surface area (Å²) >= 11 is 0. The number of halogens is 3. The molecule has 0 radical (unpaired) electrons. The minimum atomic E-state index is -4.10. The molecule has 0 unspecified atom stereocenters. The van der Waals surface area contributed by atoms with Crippen molar-refractivity contribution in [3.63, 3.8) is 0 Å². The largest absolute Gasteiger partial charge is 0.401 e. The topological polar surface area (TPSA) is 28.2 Å². The van der Waals surface area contributed by atoms with E-state index in [1.165, 1.54) is 4.90 Å². The summed E-state index contributed by atoms with van der Waals surface area (Å²) in [6.45, 7) is 3.00. The van der Waals surface area contributed by atoms with Gasteiger partial charge in [-0.2, -0.15) is 13.2 Å². The Hall–Kier alpha value is -1.82. The van der Waals surface area contributed by atoms with Crippen molar-refractivity contribution < 1.29 is 13.2 Å². The van der Waals surface area contributed by atoms with Crippen LogP contribution in [0.15, 0.2) is 30.3 Å². The highest BCUT2D eigenvalue weighted by molar-refractivity contribution is 5.81. The van der Waals surface area contributed by atoms with Crippen LogP contribution in [0.4, 0.5) is 19.0 Å². The number of hydrogen-bond acceptors (Lipinski definition) is 3. The van der Waals surface area contributed by atoms with Gasteiger partial charge in [-0.15, -0.1) is 0 Å². The van der Waals surface area contributed by atoms with Crippen LogP contribution in [0.5, 0.6) is 0 Å². The number of rotatable bonds is 4. The van der Waals surface area contributed by atoms with Crippen LogP contribution in [0.3, 0.4) is 0 Å². The third-order valence-electron chi connectivity index (χ3n) is 4.58. The van der Waals surface area contributed by atoms with E-state index in [2.05, 4.69) is 16.4 Å². The van der Waals surface area contributed by atoms with Gasteiger partial charge in [-0.1, -0.05) is 18.2 Å². The summed E-state index contributed by atoms with van der Waals surface area (Å²) in [4.78, 5) is 6.15. The molecule has 3 rings (SSSR count). The molecule has 1 saturated heterocycles. The van der Waals surface area contributed by atoms with E-state index in [4.69, 9.17) is 0 Å². The molecule has 0 aliphatic carbocycles. The minimum Gasteiger partial charge on any atom is -0.370 e. The van der Waals surface area contributed by atoms with Gasteiger partial charge in [0, 0.05) is 11.9 Å². The number of nitrogens with zero attached hydrogens (tertiary/aromatic N) is 2. The molecule has 1 aliphatic heterocycles. The molecule has 1 N–H and O–H groups in total. The van der Waals surface area contributed by atoms with E-state index in [1.807, 2.05) is 31.2 Å². The van der Waals surface area contributed by atoms with Gasteiger partial charge in [0.2, 0.25) is 0 Å². The van der Waals surface area contributed by atoms with Gasteiger partial charge >= 0.3 is 6.18 Å². The van der Waals surface area contributed by atoms with Crippen molar-refractivity contribution in [2.45, 2.75) is 25.9 Å². The first-order valence-corrected chi connectivity index (χ1v) is 8.30. The molecule has 0 atom stereocenters. The molecule has 2 heterocycles. The molecule has 3 nitrogen and oxygen atoms in total. The Kier molecular flexibility index (Phi) is 4.94. The van der Waals surface area contributed by atoms with E-state index in [-0.39, 0.29) is 0 Å². The van der Waals surface area contributed by atoms with Gasteiger partial charge in [-0.3, -0.25) is 4.90 Å². The molecule has 130 valence electrons. The lowest BCUT2D eigenvalue weighted by atomic mass is 9.96. The highest BCUT2D eigenvalue weighted by Gasteiger charge is 2.32. The van der Waals surface area contributed by atoms with Crippen LogP contribution in [0.25, 0.3) is 10.9 Å². The number of likely N-dealkylation sites (tertiary alicyclic amines) is 1. The number of benzene rings is 1. The monoisotopic (exact) mass is 337 g/mol. The molecule has 2 aromatic rings. The van der Waals surface area contributed by atoms with Crippen LogP contribution in [0.1, 0.15) is 18.4 Å². The van der Waals surface area contributed by atoms with Crippen molar-refractivity contribution in [3.8, 4) is 0 Å². The quantitative estimate of drug-likeness (QED) is 0.905. The van der Waals surface area contributed by atoms with Crippen molar-refractivity contribution in [1.82, 2.24) is 9.88 Å². The zero-order valence-corrected chi connectivity index (χ0v) is 13.7. The maximum absolute atomic E-state index is 12.4. The molecular weight excluding hydrogens is 315 g/mol. The Balaban J connectivity index is 1.54. The summed E-state index contributed by atoms with van der Waals surface area (Å²) in [5.74, 6) is 1.26. The summed E-state index contributed by atoms with van der Waals surface area (Å²) in [6.07, 6.45) is -2.53. The Morgan fingerprint density at radius 1 is 1.21 bits per heavy atom. The smallest absolute Gasteiger partial charge is 0.370 e. The molecule has 1 aliphatic rings. The number of hydrogen-bond donors (Lipinski definition) is 1. The number of aryl methyl sites for hydroxylation is 1. The number of para-hydroxylation sites is 1. The average molecular weight is 337 g/mol. The fourth-order valence-corrected chi connectivity index (χ4v) is 3.24. The minimum absolute atomic E-state index is 0.391. The van der Waals surface area contributed by atoms with Gasteiger partial charge in [0.25, 0.3) is 0 Å². The summed E-state index contributed by atoms with van der Waals surface area (Å²) in [6, 6.07) is 10.1. The highest BCUT2D eigenvalue weighted by Crippen LogP contribution is 2.24. The van der Waals surface area contributed by atoms with Crippen molar-refractivity contribution in [1.29, 1.82) is 0 Å². The number of piperidine rings is 1. The first-order chi connectivity index (χ1) is 11.4. The van der Waals surface area contributed by atoms with Gasteiger partial charge in [0.05, 0.1) is 12.1 Å². The third-order valence-corrected chi connectivity index (χ3v) is 4.58. The maximum atomic E-state index is 12.4. The Morgan fingerprint density at radius 3 is 2.62 bits per heavy atom. The zero-order chi connectivity index (χ0) is 17.2. The summed E-state index contributed by atoms with van der Waals surface area (Å²) < 4.78 is 37.2. The predicted octanol–water partition coefficient (Wildman–Crippen LogP) is 4.23. The van der Waals surface area contributed by atoms with Crippen LogP contribution >= 0.6 is 0 Å². The second-order valence-corrected chi connectivity index (χ2v) is 6.56. The Morgan fingerprint density at radius 2 is 1.92 bits per heavy atom. The molecule has 0 spiro atoms. The number of nitrogens with one attached hydrogen (secondary N) is 1. The molecule has 0 saturated carbocycles. The number of aromatic nitrogens is 1. The lowest BCUT2D eigenvalue weighted by Gasteiger charge is -2.32. The third kappa shape index (κ3) is 4.38. The van der Waals surface area contributed by atoms with Crippen molar-refractivity contribution in [2.24, 2.45) is 5.92 Å². The van der Waals surface area contributed by atoms with Crippen molar-refractivity contribution in [3.05, 3.63) is 35.9 Å². The van der Waals surface area contributed by atoms with E-state index in [0.717, 1.165) is 41.7 Å². The van der Waals surface area contributed by atoms with Gasteiger partial charge < -0.3 is 5.32 Å². The van der Waals surface area contributed by atoms with E-state index in [9.17, 15) is 13.2 Å². The van der Waals surface area contributed by atoms with Crippen LogP contribution in [-0.4, -0.2) is 42.2 Å². The maximum Gasteiger partial charge on any atom is 0.401 e. The first kappa shape index (κ1) is 17.0. The van der Waals surface area contributed by atoms with Gasteiger partial charge in [-0.05, 0) is 56.5 Å². The molecule has 1 fully saturated rings. The summed E-state index contributed by atoms with van der Waals surface area (Å²) in [5, 5.41) is 4.50. The number of fused-ring (bicyclic) bond motifs is 1. The SMILES string of the molecule is Cc1cc2ccccc2nc1NCC1CCN(CC(F)(F)F)CC1. The van der Waals surface area contributed by atoms with E-state index >= 15 is 0 Å². The molecule has 0 amide bonds. The molecule has 24 heavy (non-hydrogen) atoms. The first-order valence-electron chi connectivity index (χ1n) is 8.30. The second-order valence-electron chi connectivity index (χ2n) is 6.56. The summed E-state index contributed by atoms with van der Waals surface area (Å²) in [5.41, 5.74) is 2.04. The number of anilines is 1. The van der Waals surface area contributed by atoms with E-state index in [0.29, 0.717) is 19.0 Å². The van der Waals surface area contributed by atoms with Crippen LogP contribution in [-0.2, 0) is 0 Å². The fraction of sp³-hybridized carbons (Fsp3) is 0.500. The standard InChI is InChI=1S/C18H22F3N3/c1-13-10-15-4-2-3-5-16(15)23-17(13)22-11-14-6-8-24(9-7-14)12-18(19,20)21/h2-5,10,14H,6-9,11-12H2,1H3,(H,22,23). The molecule has 1 aromatic carbocycles. The van der Waals surface area contributed by atoms with Crippen molar-refractivity contribution >= 4 is 16.7 Å². The molecular formula is C18H22F3N3. The van der Waals surface area contributed by atoms with Gasteiger partial charge in [-0.25, -0.2) is 4.98 Å². The van der Waals surface area contributed by atoms with Gasteiger partial charge in [0.15, 0.2) is 0 Å². The van der Waals surface area contributed by atoms with Crippen LogP contribution in [0.2, 0.25) is 0 Å². The fourth-order valence-electron chi connectivity index (χ4n) is 3.24. The second kappa shape index (κ2) is 6.97. The molecule has 0 bridgehead atoms. The lowest BCUT2D eigenvalue weighted by Crippen LogP contribution is -2.41. The lowest BCUT2D eigenvalue weighted by molar-refractivity contribution is -0.148. The van der Waals surface area contributed by atoms with Crippen LogP contribution in [0, 0.1) is 12.8 Å². The molecule has 6 heteroatoms. The molecule has 1 aromatic heterocycles. The highest BCUT2D eigenvalue weighted by atomic mass is 19.4. The Labute approximate surface area is 139 Å². The Bertz CT molecular complexity index is 691. The predicted molar refractivity (Wildman–Crippen MR) is 90.2 cm³/mol. The summed E-state index contributed by atoms with van der Waals surface area (Å²) in [7, 11) is 0. The normalized spacial score (nSPS) is 17.3. The van der Waals surface area contributed by atoms with Gasteiger partial charge in [0.1, 0.15) is 5.82 Å². The van der Waals surface area contributed by atoms with Crippen LogP contribution < -0.4 is 5.32 Å². The number of pyridine rings is 1. The number of alkyl halides is 3. The average Bonchev–Trinajstić information content (AvgIpc) is 2.53. The van der Waals surface area contributed by atoms with Crippen molar-refractivity contribution in [2.75, 3.05) is 31.5 Å².